The third-order valence-electron chi connectivity index (χ3n) is 4.36. The van der Waals surface area contributed by atoms with Crippen LogP contribution in [0.4, 0.5) is 19.0 Å². The topological polar surface area (TPSA) is 62.0 Å². The fourth-order valence-corrected chi connectivity index (χ4v) is 2.86. The zero-order valence-corrected chi connectivity index (χ0v) is 13.9. The zero-order valence-electron chi connectivity index (χ0n) is 13.9. The number of hydrogen-bond acceptors (Lipinski definition) is 5. The predicted octanol–water partition coefficient (Wildman–Crippen LogP) is 3.66. The summed E-state index contributed by atoms with van der Waals surface area (Å²) >= 11 is 0. The SMILES string of the molecule is N#Cc1cccnc1OCC1CCN(c2ccc(C(F)(F)F)cn2)CC1. The Morgan fingerprint density at radius 3 is 2.58 bits per heavy atom. The third-order valence-corrected chi connectivity index (χ3v) is 4.36. The molecule has 0 spiro atoms. The highest BCUT2D eigenvalue weighted by molar-refractivity contribution is 5.40. The minimum absolute atomic E-state index is 0.300. The van der Waals surface area contributed by atoms with Crippen LogP contribution >= 0.6 is 0 Å². The van der Waals surface area contributed by atoms with Crippen molar-refractivity contribution in [1.29, 1.82) is 5.26 Å². The number of alkyl halides is 3. The number of pyridine rings is 2. The lowest BCUT2D eigenvalue weighted by Crippen LogP contribution is -2.36. The monoisotopic (exact) mass is 362 g/mol. The van der Waals surface area contributed by atoms with Gasteiger partial charge in [-0.15, -0.1) is 0 Å². The summed E-state index contributed by atoms with van der Waals surface area (Å²) in [5.74, 6) is 1.19. The molecule has 0 aliphatic carbocycles. The Morgan fingerprint density at radius 1 is 1.19 bits per heavy atom. The normalized spacial score (nSPS) is 15.5. The number of aromatic nitrogens is 2. The van der Waals surface area contributed by atoms with Gasteiger partial charge in [0.2, 0.25) is 5.88 Å². The minimum Gasteiger partial charge on any atom is -0.476 e. The summed E-state index contributed by atoms with van der Waals surface area (Å²) in [5.41, 5.74) is -0.341. The summed E-state index contributed by atoms with van der Waals surface area (Å²) in [7, 11) is 0. The van der Waals surface area contributed by atoms with Gasteiger partial charge >= 0.3 is 6.18 Å². The minimum atomic E-state index is -4.37. The van der Waals surface area contributed by atoms with Gasteiger partial charge in [-0.2, -0.15) is 18.4 Å². The van der Waals surface area contributed by atoms with E-state index >= 15 is 0 Å². The Hall–Kier alpha value is -2.82. The maximum atomic E-state index is 12.6. The summed E-state index contributed by atoms with van der Waals surface area (Å²) in [6, 6.07) is 7.85. The molecule has 26 heavy (non-hydrogen) atoms. The van der Waals surface area contributed by atoms with E-state index < -0.39 is 11.7 Å². The summed E-state index contributed by atoms with van der Waals surface area (Å²) in [6.07, 6.45) is -0.261. The van der Waals surface area contributed by atoms with Gasteiger partial charge < -0.3 is 9.64 Å². The summed E-state index contributed by atoms with van der Waals surface area (Å²) in [5, 5.41) is 9.03. The summed E-state index contributed by atoms with van der Waals surface area (Å²) in [6.45, 7) is 1.85. The molecule has 1 saturated heterocycles. The molecule has 0 unspecified atom stereocenters. The maximum Gasteiger partial charge on any atom is 0.417 e. The van der Waals surface area contributed by atoms with Gasteiger partial charge in [0.1, 0.15) is 17.5 Å². The smallest absolute Gasteiger partial charge is 0.417 e. The number of halogens is 3. The van der Waals surface area contributed by atoms with Crippen LogP contribution < -0.4 is 9.64 Å². The Kier molecular flexibility index (Phi) is 5.26. The Labute approximate surface area is 149 Å². The van der Waals surface area contributed by atoms with Gasteiger partial charge in [0.25, 0.3) is 0 Å². The molecule has 0 aromatic carbocycles. The second kappa shape index (κ2) is 7.60. The Balaban J connectivity index is 1.52. The number of nitriles is 1. The van der Waals surface area contributed by atoms with Crippen LogP contribution in [0.15, 0.2) is 36.7 Å². The fourth-order valence-electron chi connectivity index (χ4n) is 2.86. The molecule has 1 aliphatic heterocycles. The van der Waals surface area contributed by atoms with Gasteiger partial charge in [-0.1, -0.05) is 0 Å². The fraction of sp³-hybridized carbons (Fsp3) is 0.389. The van der Waals surface area contributed by atoms with Crippen molar-refractivity contribution >= 4 is 5.82 Å². The molecule has 1 aliphatic rings. The van der Waals surface area contributed by atoms with Crippen molar-refractivity contribution < 1.29 is 17.9 Å². The standard InChI is InChI=1S/C18H17F3N4O/c19-18(20,21)15-3-4-16(24-11-15)25-8-5-13(6-9-25)12-26-17-14(10-22)2-1-7-23-17/h1-4,7,11,13H,5-6,8-9,12H2. The summed E-state index contributed by atoms with van der Waals surface area (Å²) < 4.78 is 43.5. The van der Waals surface area contributed by atoms with Crippen molar-refractivity contribution in [3.05, 3.63) is 47.8 Å². The van der Waals surface area contributed by atoms with Crippen LogP contribution in [0.25, 0.3) is 0 Å². The van der Waals surface area contributed by atoms with Gasteiger partial charge in [0, 0.05) is 25.5 Å². The van der Waals surface area contributed by atoms with E-state index in [1.165, 1.54) is 6.07 Å². The number of anilines is 1. The van der Waals surface area contributed by atoms with Crippen LogP contribution in [0.3, 0.4) is 0 Å². The molecule has 136 valence electrons. The first kappa shape index (κ1) is 18.0. The van der Waals surface area contributed by atoms with E-state index in [4.69, 9.17) is 10.00 Å². The van der Waals surface area contributed by atoms with Crippen molar-refractivity contribution in [3.63, 3.8) is 0 Å². The molecule has 3 rings (SSSR count). The largest absolute Gasteiger partial charge is 0.476 e. The average Bonchev–Trinajstić information content (AvgIpc) is 2.66. The first-order chi connectivity index (χ1) is 12.5. The van der Waals surface area contributed by atoms with Crippen LogP contribution in [-0.2, 0) is 6.18 Å². The van der Waals surface area contributed by atoms with Crippen molar-refractivity contribution in [2.75, 3.05) is 24.6 Å². The highest BCUT2D eigenvalue weighted by Gasteiger charge is 2.31. The van der Waals surface area contributed by atoms with E-state index in [-0.39, 0.29) is 0 Å². The van der Waals surface area contributed by atoms with Gasteiger partial charge in [0.05, 0.1) is 12.2 Å². The van der Waals surface area contributed by atoms with Crippen molar-refractivity contribution in [2.45, 2.75) is 19.0 Å². The van der Waals surface area contributed by atoms with Crippen molar-refractivity contribution in [1.82, 2.24) is 9.97 Å². The van der Waals surface area contributed by atoms with E-state index in [0.29, 0.717) is 42.9 Å². The molecule has 3 heterocycles. The maximum absolute atomic E-state index is 12.6. The molecule has 2 aromatic rings. The van der Waals surface area contributed by atoms with Crippen LogP contribution in [0.5, 0.6) is 5.88 Å². The molecule has 5 nitrogen and oxygen atoms in total. The molecule has 0 bridgehead atoms. The van der Waals surface area contributed by atoms with Crippen LogP contribution in [0.2, 0.25) is 0 Å². The van der Waals surface area contributed by atoms with Crippen LogP contribution in [0, 0.1) is 17.2 Å². The molecule has 0 radical (unpaired) electrons. The molecule has 2 aromatic heterocycles. The quantitative estimate of drug-likeness (QED) is 0.831. The second-order valence-electron chi connectivity index (χ2n) is 6.11. The molecular formula is C18H17F3N4O. The number of hydrogen-bond donors (Lipinski definition) is 0. The predicted molar refractivity (Wildman–Crippen MR) is 88.6 cm³/mol. The number of ether oxygens (including phenoxy) is 1. The Bertz CT molecular complexity index is 778. The van der Waals surface area contributed by atoms with Gasteiger partial charge in [-0.3, -0.25) is 0 Å². The Morgan fingerprint density at radius 2 is 1.96 bits per heavy atom. The van der Waals surface area contributed by atoms with Gasteiger partial charge in [-0.25, -0.2) is 9.97 Å². The third kappa shape index (κ3) is 4.23. The van der Waals surface area contributed by atoms with E-state index in [9.17, 15) is 13.2 Å². The lowest BCUT2D eigenvalue weighted by molar-refractivity contribution is -0.137. The van der Waals surface area contributed by atoms with Gasteiger partial charge in [-0.05, 0) is 43.0 Å². The van der Waals surface area contributed by atoms with Crippen molar-refractivity contribution in [3.8, 4) is 11.9 Å². The lowest BCUT2D eigenvalue weighted by Gasteiger charge is -2.32. The molecule has 0 N–H and O–H groups in total. The highest BCUT2D eigenvalue weighted by atomic mass is 19.4. The van der Waals surface area contributed by atoms with E-state index in [2.05, 4.69) is 9.97 Å². The number of rotatable bonds is 4. The first-order valence-corrected chi connectivity index (χ1v) is 8.23. The van der Waals surface area contributed by atoms with Crippen LogP contribution in [0.1, 0.15) is 24.0 Å². The molecule has 0 atom stereocenters. The van der Waals surface area contributed by atoms with E-state index in [0.717, 1.165) is 25.1 Å². The molecule has 0 amide bonds. The molecular weight excluding hydrogens is 345 g/mol. The molecule has 0 saturated carbocycles. The zero-order chi connectivity index (χ0) is 18.6. The van der Waals surface area contributed by atoms with Crippen molar-refractivity contribution in [2.24, 2.45) is 5.92 Å². The number of nitrogens with zero attached hydrogens (tertiary/aromatic N) is 4. The van der Waals surface area contributed by atoms with Gasteiger partial charge in [0.15, 0.2) is 0 Å². The lowest BCUT2D eigenvalue weighted by atomic mass is 9.98. The first-order valence-electron chi connectivity index (χ1n) is 8.23. The van der Waals surface area contributed by atoms with Crippen LogP contribution in [-0.4, -0.2) is 29.7 Å². The second-order valence-corrected chi connectivity index (χ2v) is 6.11. The average molecular weight is 362 g/mol. The highest BCUT2D eigenvalue weighted by Crippen LogP contribution is 2.30. The van der Waals surface area contributed by atoms with E-state index in [1.807, 2.05) is 11.0 Å². The molecule has 8 heteroatoms. The van der Waals surface area contributed by atoms with E-state index in [1.54, 1.807) is 18.3 Å². The summed E-state index contributed by atoms with van der Waals surface area (Å²) in [4.78, 5) is 9.98. The number of piperidine rings is 1. The molecule has 1 fully saturated rings.